The highest BCUT2D eigenvalue weighted by atomic mass is 16.5. The topological polar surface area (TPSA) is 67.4 Å². The van der Waals surface area contributed by atoms with Crippen LogP contribution < -0.4 is 15.6 Å². The monoisotopic (exact) mass is 264 g/mol. The molecular weight excluding hydrogens is 244 g/mol. The molecule has 0 aromatic heterocycles. The van der Waals surface area contributed by atoms with Gasteiger partial charge in [-0.1, -0.05) is 13.8 Å². The number of hydrazine groups is 1. The van der Waals surface area contributed by atoms with Crippen molar-refractivity contribution in [2.45, 2.75) is 26.7 Å². The summed E-state index contributed by atoms with van der Waals surface area (Å²) in [5.74, 6) is 0.0996. The lowest BCUT2D eigenvalue weighted by molar-refractivity contribution is -0.125. The minimum Gasteiger partial charge on any atom is -0.497 e. The maximum atomic E-state index is 11.8. The van der Waals surface area contributed by atoms with Crippen molar-refractivity contribution in [3.8, 4) is 5.75 Å². The number of carbonyl (C=O) groups is 2. The lowest BCUT2D eigenvalue weighted by atomic mass is 10.0. The smallest absolute Gasteiger partial charge is 0.269 e. The minimum absolute atomic E-state index is 0.0730. The first-order valence-electron chi connectivity index (χ1n) is 6.36. The van der Waals surface area contributed by atoms with E-state index >= 15 is 0 Å². The quantitative estimate of drug-likeness (QED) is 0.798. The molecule has 5 nitrogen and oxygen atoms in total. The molecule has 0 fully saturated rings. The summed E-state index contributed by atoms with van der Waals surface area (Å²) < 4.78 is 5.01. The Morgan fingerprint density at radius 3 is 2.16 bits per heavy atom. The first kappa shape index (κ1) is 15.0. The van der Waals surface area contributed by atoms with E-state index in [0.29, 0.717) is 11.3 Å². The lowest BCUT2D eigenvalue weighted by Gasteiger charge is -2.13. The number of nitrogens with one attached hydrogen (secondary N) is 2. The maximum Gasteiger partial charge on any atom is 0.269 e. The van der Waals surface area contributed by atoms with Gasteiger partial charge in [0.1, 0.15) is 5.75 Å². The van der Waals surface area contributed by atoms with Crippen LogP contribution in [0.2, 0.25) is 0 Å². The van der Waals surface area contributed by atoms with Crippen LogP contribution in [0.15, 0.2) is 24.3 Å². The molecule has 1 aromatic carbocycles. The Hall–Kier alpha value is -2.04. The lowest BCUT2D eigenvalue weighted by Crippen LogP contribution is -2.44. The Kier molecular flexibility index (Phi) is 5.85. The fourth-order valence-corrected chi connectivity index (χ4v) is 1.69. The van der Waals surface area contributed by atoms with Gasteiger partial charge in [0.25, 0.3) is 5.91 Å². The van der Waals surface area contributed by atoms with E-state index in [2.05, 4.69) is 10.9 Å². The van der Waals surface area contributed by atoms with E-state index in [1.54, 1.807) is 31.4 Å². The number of carbonyl (C=O) groups excluding carboxylic acids is 2. The summed E-state index contributed by atoms with van der Waals surface area (Å²) in [6.07, 6.45) is 1.50. The SMILES string of the molecule is CCC(CC)C(=O)NNC(=O)c1ccc(OC)cc1. The molecular formula is C14H20N2O3. The molecule has 0 saturated heterocycles. The Morgan fingerprint density at radius 2 is 1.68 bits per heavy atom. The summed E-state index contributed by atoms with van der Waals surface area (Å²) >= 11 is 0. The van der Waals surface area contributed by atoms with Crippen molar-refractivity contribution in [3.63, 3.8) is 0 Å². The van der Waals surface area contributed by atoms with Gasteiger partial charge in [0.15, 0.2) is 0 Å². The van der Waals surface area contributed by atoms with Crippen molar-refractivity contribution < 1.29 is 14.3 Å². The molecule has 0 atom stereocenters. The number of amides is 2. The predicted molar refractivity (Wildman–Crippen MR) is 72.7 cm³/mol. The first-order valence-corrected chi connectivity index (χ1v) is 6.36. The Bertz CT molecular complexity index is 425. The van der Waals surface area contributed by atoms with Crippen LogP contribution in [0.1, 0.15) is 37.0 Å². The number of hydrogen-bond donors (Lipinski definition) is 2. The first-order chi connectivity index (χ1) is 9.12. The second-order valence-electron chi connectivity index (χ2n) is 4.19. The van der Waals surface area contributed by atoms with Crippen molar-refractivity contribution in [1.29, 1.82) is 0 Å². The van der Waals surface area contributed by atoms with Gasteiger partial charge in [-0.3, -0.25) is 20.4 Å². The zero-order valence-electron chi connectivity index (χ0n) is 11.5. The maximum absolute atomic E-state index is 11.8. The fraction of sp³-hybridized carbons (Fsp3) is 0.429. The minimum atomic E-state index is -0.345. The van der Waals surface area contributed by atoms with Crippen molar-refractivity contribution >= 4 is 11.8 Å². The van der Waals surface area contributed by atoms with E-state index in [4.69, 9.17) is 4.74 Å². The zero-order chi connectivity index (χ0) is 14.3. The molecule has 1 rings (SSSR count). The molecule has 2 N–H and O–H groups in total. The fourth-order valence-electron chi connectivity index (χ4n) is 1.69. The summed E-state index contributed by atoms with van der Waals surface area (Å²) in [6.45, 7) is 3.89. The van der Waals surface area contributed by atoms with Crippen LogP contribution in [-0.2, 0) is 4.79 Å². The van der Waals surface area contributed by atoms with Crippen LogP contribution in [0.3, 0.4) is 0 Å². The van der Waals surface area contributed by atoms with Gasteiger partial charge in [-0.05, 0) is 37.1 Å². The molecule has 5 heteroatoms. The normalized spacial score (nSPS) is 10.1. The van der Waals surface area contributed by atoms with E-state index < -0.39 is 0 Å². The number of rotatable bonds is 5. The molecule has 0 bridgehead atoms. The van der Waals surface area contributed by atoms with Crippen LogP contribution in [0.25, 0.3) is 0 Å². The third-order valence-electron chi connectivity index (χ3n) is 3.01. The molecule has 0 aliphatic rings. The molecule has 104 valence electrons. The van der Waals surface area contributed by atoms with Crippen LogP contribution >= 0.6 is 0 Å². The molecule has 1 aromatic rings. The van der Waals surface area contributed by atoms with E-state index in [0.717, 1.165) is 12.8 Å². The van der Waals surface area contributed by atoms with Crippen LogP contribution in [-0.4, -0.2) is 18.9 Å². The molecule has 0 aliphatic heterocycles. The summed E-state index contributed by atoms with van der Waals surface area (Å²) in [5.41, 5.74) is 5.31. The summed E-state index contributed by atoms with van der Waals surface area (Å²) in [7, 11) is 1.56. The van der Waals surface area contributed by atoms with Crippen molar-refractivity contribution in [2.75, 3.05) is 7.11 Å². The number of hydrogen-bond acceptors (Lipinski definition) is 3. The Morgan fingerprint density at radius 1 is 1.11 bits per heavy atom. The van der Waals surface area contributed by atoms with Gasteiger partial charge >= 0.3 is 0 Å². The average molecular weight is 264 g/mol. The number of methoxy groups -OCH3 is 1. The number of benzene rings is 1. The predicted octanol–water partition coefficient (Wildman–Crippen LogP) is 1.89. The van der Waals surface area contributed by atoms with Gasteiger partial charge in [-0.25, -0.2) is 0 Å². The second-order valence-corrected chi connectivity index (χ2v) is 4.19. The van der Waals surface area contributed by atoms with Gasteiger partial charge in [0.2, 0.25) is 5.91 Å². The van der Waals surface area contributed by atoms with E-state index in [1.807, 2.05) is 13.8 Å². The Labute approximate surface area is 113 Å². The molecule has 2 amide bonds. The van der Waals surface area contributed by atoms with Gasteiger partial charge < -0.3 is 4.74 Å². The summed E-state index contributed by atoms with van der Waals surface area (Å²) in [5, 5.41) is 0. The molecule has 0 heterocycles. The van der Waals surface area contributed by atoms with Gasteiger partial charge in [-0.2, -0.15) is 0 Å². The zero-order valence-corrected chi connectivity index (χ0v) is 11.5. The highest BCUT2D eigenvalue weighted by Gasteiger charge is 2.14. The largest absolute Gasteiger partial charge is 0.497 e. The molecule has 0 unspecified atom stereocenters. The molecule has 19 heavy (non-hydrogen) atoms. The van der Waals surface area contributed by atoms with Crippen LogP contribution in [0.4, 0.5) is 0 Å². The van der Waals surface area contributed by atoms with Crippen molar-refractivity contribution in [1.82, 2.24) is 10.9 Å². The van der Waals surface area contributed by atoms with Crippen LogP contribution in [0.5, 0.6) is 5.75 Å². The highest BCUT2D eigenvalue weighted by Crippen LogP contribution is 2.11. The molecule has 0 radical (unpaired) electrons. The van der Waals surface area contributed by atoms with Crippen LogP contribution in [0, 0.1) is 5.92 Å². The van der Waals surface area contributed by atoms with Crippen molar-refractivity contribution in [2.24, 2.45) is 5.92 Å². The second kappa shape index (κ2) is 7.41. The van der Waals surface area contributed by atoms with Gasteiger partial charge in [0.05, 0.1) is 7.11 Å². The molecule has 0 aliphatic carbocycles. The average Bonchev–Trinajstić information content (AvgIpc) is 2.46. The van der Waals surface area contributed by atoms with E-state index in [1.165, 1.54) is 0 Å². The van der Waals surface area contributed by atoms with Gasteiger partial charge in [0, 0.05) is 11.5 Å². The summed E-state index contributed by atoms with van der Waals surface area (Å²) in [6, 6.07) is 6.66. The van der Waals surface area contributed by atoms with Gasteiger partial charge in [-0.15, -0.1) is 0 Å². The van der Waals surface area contributed by atoms with Crippen molar-refractivity contribution in [3.05, 3.63) is 29.8 Å². The molecule has 0 spiro atoms. The highest BCUT2D eigenvalue weighted by molar-refractivity contribution is 5.95. The standard InChI is InChI=1S/C14H20N2O3/c1-4-10(5-2)13(17)15-16-14(18)11-6-8-12(19-3)9-7-11/h6-10H,4-5H2,1-3H3,(H,15,17)(H,16,18). The molecule has 0 saturated carbocycles. The van der Waals surface area contributed by atoms with E-state index in [9.17, 15) is 9.59 Å². The summed E-state index contributed by atoms with van der Waals surface area (Å²) in [4.78, 5) is 23.5. The Balaban J connectivity index is 2.52. The van der Waals surface area contributed by atoms with E-state index in [-0.39, 0.29) is 17.7 Å². The third-order valence-corrected chi connectivity index (χ3v) is 3.01. The number of ether oxygens (including phenoxy) is 1. The third kappa shape index (κ3) is 4.28.